The van der Waals surface area contributed by atoms with Crippen LogP contribution in [0.2, 0.25) is 5.02 Å². The number of hydrogen-bond acceptors (Lipinski definition) is 11. The minimum absolute atomic E-state index is 0.0356. The number of benzene rings is 3. The van der Waals surface area contributed by atoms with Gasteiger partial charge < -0.3 is 45.3 Å². The zero-order valence-electron chi connectivity index (χ0n) is 41.7. The van der Waals surface area contributed by atoms with E-state index in [1.165, 1.54) is 4.90 Å². The van der Waals surface area contributed by atoms with Gasteiger partial charge in [0.25, 0.3) is 5.91 Å². The van der Waals surface area contributed by atoms with Gasteiger partial charge in [-0.05, 0) is 78.9 Å². The summed E-state index contributed by atoms with van der Waals surface area (Å²) in [7, 11) is 0. The molecule has 374 valence electrons. The van der Waals surface area contributed by atoms with Crippen molar-refractivity contribution in [3.05, 3.63) is 125 Å². The van der Waals surface area contributed by atoms with E-state index in [9.17, 15) is 29.5 Å². The number of hydrogen-bond donors (Lipinski definition) is 5. The van der Waals surface area contributed by atoms with E-state index >= 15 is 0 Å². The molecule has 2 aromatic heterocycles. The maximum Gasteiger partial charge on any atom is 0.251 e. The van der Waals surface area contributed by atoms with E-state index in [1.54, 1.807) is 42.7 Å². The molecule has 0 unspecified atom stereocenters. The number of aliphatic hydroxyl groups excluding tert-OH is 1. The third kappa shape index (κ3) is 11.7. The third-order valence-corrected chi connectivity index (χ3v) is 13.9. The molecular formula is C54H64ClN9O7. The van der Waals surface area contributed by atoms with Gasteiger partial charge in [-0.1, -0.05) is 84.3 Å². The van der Waals surface area contributed by atoms with Crippen molar-refractivity contribution in [2.24, 2.45) is 16.2 Å². The number of aryl methyl sites for hydroxylation is 1. The predicted octanol–water partition coefficient (Wildman–Crippen LogP) is 7.18. The van der Waals surface area contributed by atoms with Gasteiger partial charge in [-0.15, -0.1) is 0 Å². The molecule has 5 N–H and O–H groups in total. The lowest BCUT2D eigenvalue weighted by Gasteiger charge is -2.63. The van der Waals surface area contributed by atoms with Gasteiger partial charge in [0.1, 0.15) is 48.3 Å². The number of rotatable bonds is 17. The summed E-state index contributed by atoms with van der Waals surface area (Å²) in [5.74, 6) is 0.500. The monoisotopic (exact) mass is 985 g/mol. The number of carbonyl (C=O) groups excluding carboxylic acids is 4. The van der Waals surface area contributed by atoms with Crippen LogP contribution in [0.1, 0.15) is 95.2 Å². The van der Waals surface area contributed by atoms with Gasteiger partial charge in [0, 0.05) is 77.9 Å². The SMILES string of the molecule is Cc1nccn1-c1ccc([C@H](C)NC(=O)[C@@H]2C[C@@H](O)CN2C(=O)[C@@H](NC(=O)COCCNc2ccc(-c3ccc(C(=O)NC4C(C)(C)C(Oc5ccc(C#N)c(Cl)c5)C4(C)C)cc3)cn2)C(C)(C)C)cc1. The van der Waals surface area contributed by atoms with E-state index in [2.05, 4.69) is 65.0 Å². The summed E-state index contributed by atoms with van der Waals surface area (Å²) in [6.07, 6.45) is 4.30. The van der Waals surface area contributed by atoms with Crippen molar-refractivity contribution in [2.75, 3.05) is 31.6 Å². The second kappa shape index (κ2) is 21.3. The fourth-order valence-electron chi connectivity index (χ4n) is 10.0. The Balaban J connectivity index is 0.847. The van der Waals surface area contributed by atoms with Crippen LogP contribution in [0.3, 0.4) is 0 Å². The summed E-state index contributed by atoms with van der Waals surface area (Å²) in [5.41, 5.74) is 2.94. The standard InChI is InChI=1S/C54H64ClN9O7/c1-32(34-14-18-39(19-15-34)63-24-22-57-33(63)2)60-48(68)43-26-40(65)30-64(43)49(69)46(52(3,4)5)61-45(66)31-70-25-23-58-44-21-17-38(29-59-44)35-10-12-36(13-11-35)47(67)62-50-53(6,7)51(54(50,8)9)71-41-20-16-37(28-56)42(55)27-41/h10-22,24,27,29,32,40,43,46,50-51,65H,23,25-26,30-31H2,1-9H3,(H,58,59)(H,60,68)(H,61,66)(H,62,67)/t32-,40+,43-,46+,50?,51?/m0/s1. The highest BCUT2D eigenvalue weighted by Crippen LogP contribution is 2.55. The van der Waals surface area contributed by atoms with Crippen LogP contribution in [-0.4, -0.2) is 105 Å². The molecule has 0 spiro atoms. The van der Waals surface area contributed by atoms with Gasteiger partial charge in [-0.25, -0.2) is 9.97 Å². The normalized spacial score (nSPS) is 19.9. The number of imidazole rings is 1. The van der Waals surface area contributed by atoms with Crippen LogP contribution in [0.4, 0.5) is 5.82 Å². The molecule has 2 fully saturated rings. The Morgan fingerprint density at radius 2 is 1.63 bits per heavy atom. The van der Waals surface area contributed by atoms with Crippen molar-refractivity contribution in [1.29, 1.82) is 5.26 Å². The quantitative estimate of drug-likeness (QED) is 0.0589. The van der Waals surface area contributed by atoms with E-state index in [0.29, 0.717) is 34.3 Å². The molecule has 4 amide bonds. The molecular weight excluding hydrogens is 922 g/mol. The first-order valence-electron chi connectivity index (χ1n) is 23.8. The Labute approximate surface area is 420 Å². The molecule has 1 saturated heterocycles. The Morgan fingerprint density at radius 1 is 0.944 bits per heavy atom. The smallest absolute Gasteiger partial charge is 0.251 e. The van der Waals surface area contributed by atoms with Crippen LogP contribution >= 0.6 is 11.6 Å². The number of halogens is 1. The van der Waals surface area contributed by atoms with Crippen molar-refractivity contribution in [3.8, 4) is 28.6 Å². The van der Waals surface area contributed by atoms with Crippen molar-refractivity contribution in [3.63, 3.8) is 0 Å². The van der Waals surface area contributed by atoms with Gasteiger partial charge >= 0.3 is 0 Å². The Morgan fingerprint density at radius 3 is 2.24 bits per heavy atom. The molecule has 5 aromatic rings. The first kappa shape index (κ1) is 52.0. The van der Waals surface area contributed by atoms with Crippen molar-refractivity contribution in [2.45, 2.75) is 105 Å². The molecule has 0 radical (unpaired) electrons. The fourth-order valence-corrected chi connectivity index (χ4v) is 10.2. The van der Waals surface area contributed by atoms with Crippen molar-refractivity contribution in [1.82, 2.24) is 35.4 Å². The third-order valence-electron chi connectivity index (χ3n) is 13.6. The van der Waals surface area contributed by atoms with Gasteiger partial charge in [0.15, 0.2) is 0 Å². The van der Waals surface area contributed by atoms with Crippen LogP contribution in [0.15, 0.2) is 97.5 Å². The lowest BCUT2D eigenvalue weighted by molar-refractivity contribution is -0.164. The number of nitrogens with zero attached hydrogens (tertiary/aromatic N) is 5. The number of amides is 4. The van der Waals surface area contributed by atoms with Gasteiger partial charge in [0.2, 0.25) is 17.7 Å². The molecule has 7 rings (SSSR count). The molecule has 1 aliphatic heterocycles. The molecule has 3 heterocycles. The van der Waals surface area contributed by atoms with Crippen LogP contribution in [-0.2, 0) is 19.1 Å². The molecule has 1 saturated carbocycles. The number of nitrogens with one attached hydrogen (secondary N) is 4. The molecule has 71 heavy (non-hydrogen) atoms. The molecule has 16 nitrogen and oxygen atoms in total. The van der Waals surface area contributed by atoms with E-state index < -0.39 is 46.2 Å². The molecule has 3 aromatic carbocycles. The number of aromatic nitrogens is 3. The van der Waals surface area contributed by atoms with Gasteiger partial charge in [0.05, 0.1) is 29.3 Å². The van der Waals surface area contributed by atoms with Gasteiger partial charge in [-0.2, -0.15) is 5.26 Å². The number of nitriles is 1. The minimum Gasteiger partial charge on any atom is -0.489 e. The maximum atomic E-state index is 14.1. The summed E-state index contributed by atoms with van der Waals surface area (Å²) in [5, 5.41) is 32.5. The van der Waals surface area contributed by atoms with E-state index in [-0.39, 0.29) is 56.2 Å². The zero-order valence-corrected chi connectivity index (χ0v) is 42.5. The largest absolute Gasteiger partial charge is 0.489 e. The fraction of sp³-hybridized carbons (Fsp3) is 0.426. The number of β-amino-alcohol motifs (C(OH)–C–C–N with tert-alkyl or cyclic N) is 1. The average Bonchev–Trinajstić information content (AvgIpc) is 3.96. The number of pyridine rings is 1. The first-order valence-corrected chi connectivity index (χ1v) is 24.2. The van der Waals surface area contributed by atoms with Crippen LogP contribution in [0.25, 0.3) is 16.8 Å². The lowest BCUT2D eigenvalue weighted by Crippen LogP contribution is -2.74. The number of likely N-dealkylation sites (tertiary alicyclic amines) is 1. The second-order valence-corrected chi connectivity index (χ2v) is 21.1. The summed E-state index contributed by atoms with van der Waals surface area (Å²) >= 11 is 6.25. The highest BCUT2D eigenvalue weighted by Gasteiger charge is 2.64. The average molecular weight is 987 g/mol. The lowest BCUT2D eigenvalue weighted by atomic mass is 9.49. The molecule has 17 heteroatoms. The number of carbonyl (C=O) groups is 4. The number of ether oxygens (including phenoxy) is 2. The van der Waals surface area contributed by atoms with Gasteiger partial charge in [-0.3, -0.25) is 19.2 Å². The molecule has 2 aliphatic rings. The topological polar surface area (TPSA) is 213 Å². The first-order chi connectivity index (χ1) is 33.6. The van der Waals surface area contributed by atoms with E-state index in [4.69, 9.17) is 21.1 Å². The molecule has 1 aliphatic carbocycles. The summed E-state index contributed by atoms with van der Waals surface area (Å²) in [6.45, 7) is 17.7. The minimum atomic E-state index is -0.991. The predicted molar refractivity (Wildman–Crippen MR) is 271 cm³/mol. The van der Waals surface area contributed by atoms with Crippen LogP contribution < -0.4 is 26.0 Å². The van der Waals surface area contributed by atoms with Crippen LogP contribution in [0.5, 0.6) is 5.75 Å². The summed E-state index contributed by atoms with van der Waals surface area (Å²) in [6, 6.07) is 23.5. The summed E-state index contributed by atoms with van der Waals surface area (Å²) in [4.78, 5) is 64.6. The van der Waals surface area contributed by atoms with Crippen molar-refractivity contribution >= 4 is 41.0 Å². The second-order valence-electron chi connectivity index (χ2n) is 20.7. The number of aliphatic hydroxyl groups is 1. The molecule has 4 atom stereocenters. The van der Waals surface area contributed by atoms with E-state index in [1.807, 2.05) is 93.9 Å². The maximum absolute atomic E-state index is 14.1. The van der Waals surface area contributed by atoms with Crippen molar-refractivity contribution < 1.29 is 33.8 Å². The van der Waals surface area contributed by atoms with E-state index in [0.717, 1.165) is 28.2 Å². The summed E-state index contributed by atoms with van der Waals surface area (Å²) < 4.78 is 14.0. The number of anilines is 1. The highest BCUT2D eigenvalue weighted by atomic mass is 35.5. The Kier molecular flexibility index (Phi) is 15.6. The molecule has 0 bridgehead atoms. The Hall–Kier alpha value is -6.80. The Bertz CT molecular complexity index is 2750. The highest BCUT2D eigenvalue weighted by molar-refractivity contribution is 6.31. The van der Waals surface area contributed by atoms with Crippen LogP contribution in [0, 0.1) is 34.5 Å². The zero-order chi connectivity index (χ0) is 51.4.